The maximum atomic E-state index is 12.1. The summed E-state index contributed by atoms with van der Waals surface area (Å²) in [5.41, 5.74) is 9.77. The molecule has 0 bridgehead atoms. The third kappa shape index (κ3) is 2.51. The minimum atomic E-state index is -0.0963. The Bertz CT molecular complexity index is 591. The highest BCUT2D eigenvalue weighted by atomic mass is 16.1. The van der Waals surface area contributed by atoms with Gasteiger partial charge in [0.1, 0.15) is 0 Å². The first-order chi connectivity index (χ1) is 8.58. The number of hydrogen-bond donors (Lipinski definition) is 2. The average molecular weight is 240 g/mol. The van der Waals surface area contributed by atoms with Crippen molar-refractivity contribution in [3.63, 3.8) is 0 Å². The summed E-state index contributed by atoms with van der Waals surface area (Å²) in [6.07, 6.45) is 0. The Morgan fingerprint density at radius 3 is 2.44 bits per heavy atom. The first kappa shape index (κ1) is 12.2. The van der Waals surface area contributed by atoms with E-state index in [0.29, 0.717) is 11.3 Å². The molecule has 2 aromatic rings. The number of amides is 1. The van der Waals surface area contributed by atoms with E-state index in [0.717, 1.165) is 16.8 Å². The highest BCUT2D eigenvalue weighted by Crippen LogP contribution is 2.19. The van der Waals surface area contributed by atoms with Crippen molar-refractivity contribution in [2.45, 2.75) is 13.8 Å². The van der Waals surface area contributed by atoms with Crippen LogP contribution in [0.25, 0.3) is 0 Å². The molecule has 0 unspecified atom stereocenters. The quantitative estimate of drug-likeness (QED) is 0.792. The van der Waals surface area contributed by atoms with Gasteiger partial charge in [0.15, 0.2) is 0 Å². The molecule has 3 N–H and O–H groups in total. The van der Waals surface area contributed by atoms with Crippen molar-refractivity contribution in [3.05, 3.63) is 59.2 Å². The molecule has 0 saturated carbocycles. The highest BCUT2D eigenvalue weighted by Gasteiger charge is 2.09. The van der Waals surface area contributed by atoms with Crippen molar-refractivity contribution in [1.82, 2.24) is 0 Å². The molecule has 0 aliphatic carbocycles. The topological polar surface area (TPSA) is 55.1 Å². The number of anilines is 2. The Balaban J connectivity index is 2.24. The van der Waals surface area contributed by atoms with Crippen LogP contribution in [0.3, 0.4) is 0 Å². The van der Waals surface area contributed by atoms with E-state index in [2.05, 4.69) is 5.32 Å². The van der Waals surface area contributed by atoms with Gasteiger partial charge in [-0.15, -0.1) is 0 Å². The second kappa shape index (κ2) is 4.92. The van der Waals surface area contributed by atoms with E-state index in [1.165, 1.54) is 0 Å². The lowest BCUT2D eigenvalue weighted by atomic mass is 10.1. The minimum Gasteiger partial charge on any atom is -0.399 e. The first-order valence-corrected chi connectivity index (χ1v) is 5.81. The smallest absolute Gasteiger partial charge is 0.255 e. The van der Waals surface area contributed by atoms with E-state index in [4.69, 9.17) is 5.73 Å². The van der Waals surface area contributed by atoms with Gasteiger partial charge < -0.3 is 11.1 Å². The number of nitrogens with two attached hydrogens (primary N) is 1. The lowest BCUT2D eigenvalue weighted by molar-refractivity contribution is 0.102. The molecule has 0 radical (unpaired) electrons. The van der Waals surface area contributed by atoms with E-state index in [1.807, 2.05) is 50.2 Å². The molecule has 0 heterocycles. The van der Waals surface area contributed by atoms with E-state index in [1.54, 1.807) is 6.07 Å². The van der Waals surface area contributed by atoms with Crippen LogP contribution in [0.15, 0.2) is 42.5 Å². The van der Waals surface area contributed by atoms with Crippen LogP contribution in [0.5, 0.6) is 0 Å². The van der Waals surface area contributed by atoms with Gasteiger partial charge in [0.25, 0.3) is 5.91 Å². The maximum Gasteiger partial charge on any atom is 0.255 e. The van der Waals surface area contributed by atoms with Crippen LogP contribution in [0.1, 0.15) is 21.5 Å². The van der Waals surface area contributed by atoms with Gasteiger partial charge in [0.05, 0.1) is 0 Å². The summed E-state index contributed by atoms with van der Waals surface area (Å²) in [5.74, 6) is -0.0963. The second-order valence-electron chi connectivity index (χ2n) is 4.34. The van der Waals surface area contributed by atoms with Crippen molar-refractivity contribution in [3.8, 4) is 0 Å². The fourth-order valence-electron chi connectivity index (χ4n) is 1.84. The number of aryl methyl sites for hydroxylation is 2. The molecule has 0 aliphatic heterocycles. The van der Waals surface area contributed by atoms with Gasteiger partial charge >= 0.3 is 0 Å². The standard InChI is InChI=1S/C15H16N2O/c1-10-5-3-4-6-13(10)15(18)17-14-8-7-12(16)9-11(14)2/h3-9H,16H2,1-2H3,(H,17,18). The molecule has 18 heavy (non-hydrogen) atoms. The lowest BCUT2D eigenvalue weighted by Gasteiger charge is -2.10. The monoisotopic (exact) mass is 240 g/mol. The molecule has 0 saturated heterocycles. The van der Waals surface area contributed by atoms with Gasteiger partial charge in [-0.05, 0) is 49.2 Å². The number of rotatable bonds is 2. The lowest BCUT2D eigenvalue weighted by Crippen LogP contribution is -2.14. The van der Waals surface area contributed by atoms with Gasteiger partial charge in [-0.3, -0.25) is 4.79 Å². The van der Waals surface area contributed by atoms with Crippen molar-refractivity contribution < 1.29 is 4.79 Å². The van der Waals surface area contributed by atoms with Crippen LogP contribution in [-0.2, 0) is 0 Å². The first-order valence-electron chi connectivity index (χ1n) is 5.81. The minimum absolute atomic E-state index is 0.0963. The SMILES string of the molecule is Cc1cc(N)ccc1NC(=O)c1ccccc1C. The fraction of sp³-hybridized carbons (Fsp3) is 0.133. The summed E-state index contributed by atoms with van der Waals surface area (Å²) in [7, 11) is 0. The predicted octanol–water partition coefficient (Wildman–Crippen LogP) is 3.14. The van der Waals surface area contributed by atoms with Crippen LogP contribution in [0.2, 0.25) is 0 Å². The predicted molar refractivity (Wildman–Crippen MR) is 74.7 cm³/mol. The maximum absolute atomic E-state index is 12.1. The fourth-order valence-corrected chi connectivity index (χ4v) is 1.84. The molecule has 0 fully saturated rings. The Kier molecular flexibility index (Phi) is 3.33. The van der Waals surface area contributed by atoms with Crippen LogP contribution >= 0.6 is 0 Å². The number of hydrogen-bond acceptors (Lipinski definition) is 2. The molecular weight excluding hydrogens is 224 g/mol. The third-order valence-electron chi connectivity index (χ3n) is 2.89. The molecule has 3 heteroatoms. The number of carbonyl (C=O) groups excluding carboxylic acids is 1. The van der Waals surface area contributed by atoms with Crippen molar-refractivity contribution >= 4 is 17.3 Å². The van der Waals surface area contributed by atoms with Gasteiger partial charge in [-0.2, -0.15) is 0 Å². The number of carbonyl (C=O) groups is 1. The average Bonchev–Trinajstić information content (AvgIpc) is 2.33. The molecule has 0 spiro atoms. The van der Waals surface area contributed by atoms with Crippen molar-refractivity contribution in [2.75, 3.05) is 11.1 Å². The molecule has 92 valence electrons. The number of benzene rings is 2. The van der Waals surface area contributed by atoms with Crippen LogP contribution in [0.4, 0.5) is 11.4 Å². The molecule has 1 amide bonds. The number of nitrogens with one attached hydrogen (secondary N) is 1. The number of nitrogen functional groups attached to an aromatic ring is 1. The largest absolute Gasteiger partial charge is 0.399 e. The summed E-state index contributed by atoms with van der Waals surface area (Å²) in [5, 5.41) is 2.90. The zero-order valence-corrected chi connectivity index (χ0v) is 10.5. The molecule has 0 atom stereocenters. The zero-order valence-electron chi connectivity index (χ0n) is 10.5. The Morgan fingerprint density at radius 1 is 1.06 bits per heavy atom. The normalized spacial score (nSPS) is 10.1. The third-order valence-corrected chi connectivity index (χ3v) is 2.89. The van der Waals surface area contributed by atoms with Crippen LogP contribution in [0, 0.1) is 13.8 Å². The Morgan fingerprint density at radius 2 is 1.78 bits per heavy atom. The Hall–Kier alpha value is -2.29. The summed E-state index contributed by atoms with van der Waals surface area (Å²) >= 11 is 0. The van der Waals surface area contributed by atoms with Gasteiger partial charge in [-0.25, -0.2) is 0 Å². The molecule has 0 aromatic heterocycles. The van der Waals surface area contributed by atoms with E-state index >= 15 is 0 Å². The van der Waals surface area contributed by atoms with Crippen LogP contribution < -0.4 is 11.1 Å². The second-order valence-corrected chi connectivity index (χ2v) is 4.34. The van der Waals surface area contributed by atoms with E-state index < -0.39 is 0 Å². The molecule has 3 nitrogen and oxygen atoms in total. The summed E-state index contributed by atoms with van der Waals surface area (Å²) in [6, 6.07) is 13.0. The van der Waals surface area contributed by atoms with Gasteiger partial charge in [0.2, 0.25) is 0 Å². The molecule has 2 aromatic carbocycles. The summed E-state index contributed by atoms with van der Waals surface area (Å²) in [6.45, 7) is 3.84. The van der Waals surface area contributed by atoms with Gasteiger partial charge in [-0.1, -0.05) is 18.2 Å². The highest BCUT2D eigenvalue weighted by molar-refractivity contribution is 6.05. The zero-order chi connectivity index (χ0) is 13.1. The molecule has 0 aliphatic rings. The van der Waals surface area contributed by atoms with Crippen LogP contribution in [-0.4, -0.2) is 5.91 Å². The Labute approximate surface area is 107 Å². The van der Waals surface area contributed by atoms with Gasteiger partial charge in [0, 0.05) is 16.9 Å². The van der Waals surface area contributed by atoms with E-state index in [-0.39, 0.29) is 5.91 Å². The molecular formula is C15H16N2O. The summed E-state index contributed by atoms with van der Waals surface area (Å²) < 4.78 is 0. The van der Waals surface area contributed by atoms with Crippen molar-refractivity contribution in [1.29, 1.82) is 0 Å². The van der Waals surface area contributed by atoms with E-state index in [9.17, 15) is 4.79 Å². The van der Waals surface area contributed by atoms with Crippen molar-refractivity contribution in [2.24, 2.45) is 0 Å². The molecule has 2 rings (SSSR count). The summed E-state index contributed by atoms with van der Waals surface area (Å²) in [4.78, 5) is 12.1.